The lowest BCUT2D eigenvalue weighted by atomic mass is 10.1. The Morgan fingerprint density at radius 3 is 2.55 bits per heavy atom. The van der Waals surface area contributed by atoms with Crippen LogP contribution in [0, 0.1) is 15.9 Å². The molecule has 0 atom stereocenters. The number of nitrogens with zero attached hydrogens (tertiary/aromatic N) is 1. The predicted octanol–water partition coefficient (Wildman–Crippen LogP) is 3.38. The SMILES string of the molecule is CCOc1ccc(C(=O)Nc2ccc(F)cc2)cc1[N+](=O)[O-]. The molecule has 0 heterocycles. The van der Waals surface area contributed by atoms with E-state index >= 15 is 0 Å². The first-order chi connectivity index (χ1) is 10.5. The van der Waals surface area contributed by atoms with Gasteiger partial charge in [-0.2, -0.15) is 0 Å². The van der Waals surface area contributed by atoms with Crippen LogP contribution in [0.5, 0.6) is 5.75 Å². The van der Waals surface area contributed by atoms with Gasteiger partial charge in [-0.05, 0) is 43.3 Å². The number of carbonyl (C=O) groups is 1. The first-order valence-corrected chi connectivity index (χ1v) is 6.49. The molecule has 0 aromatic heterocycles. The summed E-state index contributed by atoms with van der Waals surface area (Å²) in [4.78, 5) is 22.5. The quantitative estimate of drug-likeness (QED) is 0.678. The number of hydrogen-bond donors (Lipinski definition) is 1. The fourth-order valence-electron chi connectivity index (χ4n) is 1.82. The minimum Gasteiger partial charge on any atom is -0.487 e. The smallest absolute Gasteiger partial charge is 0.311 e. The summed E-state index contributed by atoms with van der Waals surface area (Å²) >= 11 is 0. The van der Waals surface area contributed by atoms with Crippen molar-refractivity contribution >= 4 is 17.3 Å². The van der Waals surface area contributed by atoms with Crippen LogP contribution in [-0.2, 0) is 0 Å². The predicted molar refractivity (Wildman–Crippen MR) is 78.6 cm³/mol. The molecule has 114 valence electrons. The normalized spacial score (nSPS) is 10.1. The van der Waals surface area contributed by atoms with Gasteiger partial charge in [-0.1, -0.05) is 0 Å². The van der Waals surface area contributed by atoms with E-state index in [1.807, 2.05) is 0 Å². The maximum absolute atomic E-state index is 12.8. The van der Waals surface area contributed by atoms with Gasteiger partial charge in [0.25, 0.3) is 5.91 Å². The second-order valence-electron chi connectivity index (χ2n) is 4.33. The number of nitro groups is 1. The first-order valence-electron chi connectivity index (χ1n) is 6.49. The number of nitro benzene ring substituents is 1. The van der Waals surface area contributed by atoms with Crippen molar-refractivity contribution in [1.82, 2.24) is 0 Å². The number of amides is 1. The second kappa shape index (κ2) is 6.66. The lowest BCUT2D eigenvalue weighted by Gasteiger charge is -2.07. The zero-order valence-electron chi connectivity index (χ0n) is 11.7. The minimum absolute atomic E-state index is 0.103. The van der Waals surface area contributed by atoms with Gasteiger partial charge < -0.3 is 10.1 Å². The summed E-state index contributed by atoms with van der Waals surface area (Å²) in [5.74, 6) is -0.849. The number of rotatable bonds is 5. The number of hydrogen-bond acceptors (Lipinski definition) is 4. The van der Waals surface area contributed by atoms with Gasteiger partial charge in [0.1, 0.15) is 5.82 Å². The fraction of sp³-hybridized carbons (Fsp3) is 0.133. The van der Waals surface area contributed by atoms with Crippen molar-refractivity contribution in [2.75, 3.05) is 11.9 Å². The van der Waals surface area contributed by atoms with Crippen LogP contribution < -0.4 is 10.1 Å². The van der Waals surface area contributed by atoms with Crippen molar-refractivity contribution in [1.29, 1.82) is 0 Å². The molecule has 6 nitrogen and oxygen atoms in total. The van der Waals surface area contributed by atoms with Crippen molar-refractivity contribution in [3.63, 3.8) is 0 Å². The van der Waals surface area contributed by atoms with E-state index in [0.717, 1.165) is 6.07 Å². The number of carbonyl (C=O) groups excluding carboxylic acids is 1. The summed E-state index contributed by atoms with van der Waals surface area (Å²) in [6.45, 7) is 1.99. The third-order valence-corrected chi connectivity index (χ3v) is 2.82. The molecule has 22 heavy (non-hydrogen) atoms. The maximum Gasteiger partial charge on any atom is 0.311 e. The van der Waals surface area contributed by atoms with Crippen LogP contribution in [0.1, 0.15) is 17.3 Å². The van der Waals surface area contributed by atoms with Gasteiger partial charge in [0.2, 0.25) is 0 Å². The Kier molecular flexibility index (Phi) is 4.67. The molecule has 0 saturated carbocycles. The molecule has 0 radical (unpaired) electrons. The third-order valence-electron chi connectivity index (χ3n) is 2.82. The van der Waals surface area contributed by atoms with Crippen molar-refractivity contribution in [3.8, 4) is 5.75 Å². The van der Waals surface area contributed by atoms with E-state index in [9.17, 15) is 19.3 Å². The first kappa shape index (κ1) is 15.4. The van der Waals surface area contributed by atoms with Crippen LogP contribution in [0.25, 0.3) is 0 Å². The Balaban J connectivity index is 2.24. The van der Waals surface area contributed by atoms with Crippen molar-refractivity contribution in [2.24, 2.45) is 0 Å². The molecule has 2 aromatic carbocycles. The van der Waals surface area contributed by atoms with Crippen LogP contribution in [-0.4, -0.2) is 17.4 Å². The zero-order valence-corrected chi connectivity index (χ0v) is 11.7. The Morgan fingerprint density at radius 1 is 1.27 bits per heavy atom. The van der Waals surface area contributed by atoms with Gasteiger partial charge >= 0.3 is 5.69 Å². The van der Waals surface area contributed by atoms with E-state index in [1.54, 1.807) is 6.92 Å². The maximum atomic E-state index is 12.8. The van der Waals surface area contributed by atoms with Gasteiger partial charge in [-0.3, -0.25) is 14.9 Å². The molecular formula is C15H13FN2O4. The Morgan fingerprint density at radius 2 is 1.95 bits per heavy atom. The van der Waals surface area contributed by atoms with E-state index in [1.165, 1.54) is 36.4 Å². The summed E-state index contributed by atoms with van der Waals surface area (Å²) in [5, 5.41) is 13.6. The van der Waals surface area contributed by atoms with Gasteiger partial charge in [0.05, 0.1) is 11.5 Å². The molecule has 2 aromatic rings. The summed E-state index contributed by atoms with van der Waals surface area (Å²) in [6, 6.07) is 9.15. The van der Waals surface area contributed by atoms with E-state index in [0.29, 0.717) is 5.69 Å². The minimum atomic E-state index is -0.611. The summed E-state index contributed by atoms with van der Waals surface area (Å²) in [7, 11) is 0. The lowest BCUT2D eigenvalue weighted by molar-refractivity contribution is -0.385. The molecule has 0 unspecified atom stereocenters. The Bertz CT molecular complexity index is 701. The van der Waals surface area contributed by atoms with Crippen molar-refractivity contribution in [3.05, 3.63) is 64.0 Å². The summed E-state index contributed by atoms with van der Waals surface area (Å²) < 4.78 is 18.0. The van der Waals surface area contributed by atoms with E-state index in [4.69, 9.17) is 4.74 Å². The number of ether oxygens (including phenoxy) is 1. The molecule has 0 spiro atoms. The van der Waals surface area contributed by atoms with Crippen LogP contribution >= 0.6 is 0 Å². The molecule has 0 bridgehead atoms. The van der Waals surface area contributed by atoms with Gasteiger partial charge in [0.15, 0.2) is 5.75 Å². The van der Waals surface area contributed by atoms with Gasteiger partial charge in [0, 0.05) is 17.3 Å². The van der Waals surface area contributed by atoms with Gasteiger partial charge in [-0.15, -0.1) is 0 Å². The Hall–Kier alpha value is -2.96. The van der Waals surface area contributed by atoms with E-state index in [2.05, 4.69) is 5.32 Å². The van der Waals surface area contributed by atoms with Gasteiger partial charge in [-0.25, -0.2) is 4.39 Å². The van der Waals surface area contributed by atoms with E-state index in [-0.39, 0.29) is 23.6 Å². The average molecular weight is 304 g/mol. The summed E-state index contributed by atoms with van der Waals surface area (Å²) in [6.07, 6.45) is 0. The highest BCUT2D eigenvalue weighted by Crippen LogP contribution is 2.28. The molecule has 2 rings (SSSR count). The number of benzene rings is 2. The van der Waals surface area contributed by atoms with E-state index < -0.39 is 16.6 Å². The molecule has 0 aliphatic heterocycles. The van der Waals surface area contributed by atoms with Crippen LogP contribution in [0.2, 0.25) is 0 Å². The standard InChI is InChI=1S/C15H13FN2O4/c1-2-22-14-8-3-10(9-13(14)18(20)21)15(19)17-12-6-4-11(16)5-7-12/h3-9H,2H2,1H3,(H,17,19). The van der Waals surface area contributed by atoms with Crippen LogP contribution in [0.4, 0.5) is 15.8 Å². The number of anilines is 1. The zero-order chi connectivity index (χ0) is 16.1. The molecule has 0 saturated heterocycles. The lowest BCUT2D eigenvalue weighted by Crippen LogP contribution is -2.12. The molecule has 1 amide bonds. The molecule has 0 aliphatic rings. The van der Waals surface area contributed by atoms with Crippen LogP contribution in [0.15, 0.2) is 42.5 Å². The summed E-state index contributed by atoms with van der Waals surface area (Å²) in [5.41, 5.74) is 0.219. The molecule has 0 fully saturated rings. The topological polar surface area (TPSA) is 81.5 Å². The highest BCUT2D eigenvalue weighted by Gasteiger charge is 2.18. The molecule has 7 heteroatoms. The third kappa shape index (κ3) is 3.57. The number of nitrogens with one attached hydrogen (secondary N) is 1. The largest absolute Gasteiger partial charge is 0.487 e. The van der Waals surface area contributed by atoms with Crippen molar-refractivity contribution in [2.45, 2.75) is 6.92 Å². The monoisotopic (exact) mass is 304 g/mol. The molecule has 0 aliphatic carbocycles. The highest BCUT2D eigenvalue weighted by atomic mass is 19.1. The average Bonchev–Trinajstić information content (AvgIpc) is 2.50. The molecular weight excluding hydrogens is 291 g/mol. The molecule has 1 N–H and O–H groups in total. The fourth-order valence-corrected chi connectivity index (χ4v) is 1.82. The highest BCUT2D eigenvalue weighted by molar-refractivity contribution is 6.04. The van der Waals surface area contributed by atoms with Crippen molar-refractivity contribution < 1.29 is 18.8 Å². The Labute approximate surface area is 125 Å². The van der Waals surface area contributed by atoms with Crippen LogP contribution in [0.3, 0.4) is 0 Å². The number of halogens is 1. The second-order valence-corrected chi connectivity index (χ2v) is 4.33.